The van der Waals surface area contributed by atoms with Gasteiger partial charge in [-0.05, 0) is 94.9 Å². The number of hydrogen-bond acceptors (Lipinski definition) is 4. The standard InChI is InChI=1S/C28H31BrN2O2S/c1-5-33-23-14-11-18(15-22(23)29)17-30-27-25(26(32)31-20-9-7-6-8-10-20)21-13-12-19(28(2,3)4)16-24(21)34-27/h6-11,14-15,17,19H,5,12-13,16H2,1-4H3,(H,31,32)/t19-/m0/s1. The molecule has 6 heteroatoms. The van der Waals surface area contributed by atoms with E-state index < -0.39 is 0 Å². The van der Waals surface area contributed by atoms with Crippen LogP contribution in [0.5, 0.6) is 5.75 Å². The third-order valence-electron chi connectivity index (χ3n) is 6.32. The molecule has 4 nitrogen and oxygen atoms in total. The van der Waals surface area contributed by atoms with Crippen molar-refractivity contribution in [1.29, 1.82) is 0 Å². The molecule has 1 aromatic heterocycles. The smallest absolute Gasteiger partial charge is 0.259 e. The number of anilines is 1. The lowest BCUT2D eigenvalue weighted by Crippen LogP contribution is -2.27. The number of benzene rings is 2. The molecule has 1 atom stereocenters. The highest BCUT2D eigenvalue weighted by Gasteiger charge is 2.33. The van der Waals surface area contributed by atoms with Crippen LogP contribution in [0.1, 0.15) is 60.5 Å². The Morgan fingerprint density at radius 2 is 2.00 bits per heavy atom. The van der Waals surface area contributed by atoms with Crippen molar-refractivity contribution in [3.8, 4) is 5.75 Å². The van der Waals surface area contributed by atoms with Gasteiger partial charge in [-0.3, -0.25) is 4.79 Å². The molecule has 0 saturated carbocycles. The summed E-state index contributed by atoms with van der Waals surface area (Å²) in [4.78, 5) is 19.5. The van der Waals surface area contributed by atoms with Crippen molar-refractivity contribution in [2.24, 2.45) is 16.3 Å². The first-order valence-electron chi connectivity index (χ1n) is 11.7. The Labute approximate surface area is 214 Å². The quantitative estimate of drug-likeness (QED) is 0.322. The number of rotatable bonds is 6. The highest BCUT2D eigenvalue weighted by Crippen LogP contribution is 2.45. The molecule has 2 aromatic carbocycles. The topological polar surface area (TPSA) is 50.7 Å². The van der Waals surface area contributed by atoms with Gasteiger partial charge in [0.1, 0.15) is 10.8 Å². The number of carbonyl (C=O) groups excluding carboxylic acids is 1. The maximum atomic E-state index is 13.4. The summed E-state index contributed by atoms with van der Waals surface area (Å²) in [5.41, 5.74) is 3.87. The van der Waals surface area contributed by atoms with E-state index in [1.54, 1.807) is 11.3 Å². The second-order valence-corrected chi connectivity index (χ2v) is 11.6. The lowest BCUT2D eigenvalue weighted by molar-refractivity contribution is 0.102. The minimum atomic E-state index is -0.0852. The first-order valence-corrected chi connectivity index (χ1v) is 13.3. The number of para-hydroxylation sites is 1. The summed E-state index contributed by atoms with van der Waals surface area (Å²) in [7, 11) is 0. The molecular formula is C28H31BrN2O2S. The zero-order valence-corrected chi connectivity index (χ0v) is 22.6. The number of aliphatic imine (C=N–C) groups is 1. The normalized spacial score (nSPS) is 15.9. The summed E-state index contributed by atoms with van der Waals surface area (Å²) in [6.07, 6.45) is 4.83. The number of amides is 1. The Bertz CT molecular complexity index is 1200. The molecule has 34 heavy (non-hydrogen) atoms. The maximum absolute atomic E-state index is 13.4. The number of halogens is 1. The number of ether oxygens (including phenoxy) is 1. The molecule has 1 aliphatic rings. The van der Waals surface area contributed by atoms with E-state index in [2.05, 4.69) is 42.0 Å². The lowest BCUT2D eigenvalue weighted by atomic mass is 9.72. The number of fused-ring (bicyclic) bond motifs is 1. The Hall–Kier alpha value is -2.44. The van der Waals surface area contributed by atoms with Crippen molar-refractivity contribution in [3.05, 3.63) is 74.6 Å². The van der Waals surface area contributed by atoms with E-state index in [-0.39, 0.29) is 11.3 Å². The van der Waals surface area contributed by atoms with Crippen LogP contribution in [0.3, 0.4) is 0 Å². The van der Waals surface area contributed by atoms with Crippen molar-refractivity contribution in [3.63, 3.8) is 0 Å². The summed E-state index contributed by atoms with van der Waals surface area (Å²) in [6.45, 7) is 9.50. The van der Waals surface area contributed by atoms with Crippen LogP contribution in [0.4, 0.5) is 10.7 Å². The largest absolute Gasteiger partial charge is 0.493 e. The summed E-state index contributed by atoms with van der Waals surface area (Å²) in [5, 5.41) is 3.85. The van der Waals surface area contributed by atoms with Crippen molar-refractivity contribution in [2.45, 2.75) is 47.0 Å². The van der Waals surface area contributed by atoms with Crippen LogP contribution in [0.25, 0.3) is 0 Å². The molecule has 1 N–H and O–H groups in total. The van der Waals surface area contributed by atoms with E-state index in [0.29, 0.717) is 12.5 Å². The third kappa shape index (κ3) is 5.61. The molecule has 0 bridgehead atoms. The number of nitrogens with one attached hydrogen (secondary N) is 1. The second-order valence-electron chi connectivity index (χ2n) is 9.69. The number of hydrogen-bond donors (Lipinski definition) is 1. The van der Waals surface area contributed by atoms with Crippen LogP contribution in [0.15, 0.2) is 58.0 Å². The van der Waals surface area contributed by atoms with Gasteiger partial charge in [0.25, 0.3) is 5.91 Å². The monoisotopic (exact) mass is 538 g/mol. The van der Waals surface area contributed by atoms with E-state index in [1.165, 1.54) is 10.4 Å². The Morgan fingerprint density at radius 3 is 2.68 bits per heavy atom. The SMILES string of the molecule is CCOc1ccc(C=Nc2sc3c(c2C(=O)Nc2ccccc2)CC[C@H](C(C)(C)C)C3)cc1Br. The predicted octanol–water partition coefficient (Wildman–Crippen LogP) is 8.06. The van der Waals surface area contributed by atoms with Crippen molar-refractivity contribution in [1.82, 2.24) is 0 Å². The Balaban J connectivity index is 1.68. The van der Waals surface area contributed by atoms with Gasteiger partial charge in [0, 0.05) is 16.8 Å². The zero-order valence-electron chi connectivity index (χ0n) is 20.2. The highest BCUT2D eigenvalue weighted by molar-refractivity contribution is 9.10. The molecule has 1 amide bonds. The van der Waals surface area contributed by atoms with Crippen LogP contribution < -0.4 is 10.1 Å². The number of nitrogens with zero attached hydrogens (tertiary/aromatic N) is 1. The van der Waals surface area contributed by atoms with Crippen LogP contribution >= 0.6 is 27.3 Å². The van der Waals surface area contributed by atoms with Crippen LogP contribution in [0, 0.1) is 11.3 Å². The van der Waals surface area contributed by atoms with Gasteiger partial charge in [0.05, 0.1) is 16.6 Å². The van der Waals surface area contributed by atoms with Gasteiger partial charge in [-0.25, -0.2) is 4.99 Å². The predicted molar refractivity (Wildman–Crippen MR) is 146 cm³/mol. The first-order chi connectivity index (χ1) is 16.3. The lowest BCUT2D eigenvalue weighted by Gasteiger charge is -2.33. The average molecular weight is 540 g/mol. The number of carbonyl (C=O) groups is 1. The Kier molecular flexibility index (Phi) is 7.58. The average Bonchev–Trinajstić information content (AvgIpc) is 3.17. The van der Waals surface area contributed by atoms with Crippen LogP contribution in [-0.2, 0) is 12.8 Å². The van der Waals surface area contributed by atoms with Gasteiger partial charge >= 0.3 is 0 Å². The molecule has 4 rings (SSSR count). The summed E-state index contributed by atoms with van der Waals surface area (Å²) >= 11 is 5.23. The molecular weight excluding hydrogens is 508 g/mol. The van der Waals surface area contributed by atoms with Gasteiger partial charge in [-0.15, -0.1) is 11.3 Å². The van der Waals surface area contributed by atoms with Gasteiger partial charge in [-0.2, -0.15) is 0 Å². The minimum Gasteiger partial charge on any atom is -0.493 e. The minimum absolute atomic E-state index is 0.0852. The maximum Gasteiger partial charge on any atom is 0.259 e. The van der Waals surface area contributed by atoms with Gasteiger partial charge in [-0.1, -0.05) is 39.0 Å². The first kappa shape index (κ1) is 24.7. The molecule has 0 aliphatic heterocycles. The van der Waals surface area contributed by atoms with Gasteiger partial charge in [0.2, 0.25) is 0 Å². The van der Waals surface area contributed by atoms with Crippen LogP contribution in [-0.4, -0.2) is 18.7 Å². The molecule has 178 valence electrons. The van der Waals surface area contributed by atoms with E-state index in [9.17, 15) is 4.79 Å². The van der Waals surface area contributed by atoms with Crippen LogP contribution in [0.2, 0.25) is 0 Å². The van der Waals surface area contributed by atoms with E-state index >= 15 is 0 Å². The fraction of sp³-hybridized carbons (Fsp3) is 0.357. The van der Waals surface area contributed by atoms with E-state index in [4.69, 9.17) is 9.73 Å². The molecule has 1 aliphatic carbocycles. The molecule has 0 spiro atoms. The molecule has 0 saturated heterocycles. The molecule has 3 aromatic rings. The molecule has 0 fully saturated rings. The molecule has 0 unspecified atom stereocenters. The highest BCUT2D eigenvalue weighted by atomic mass is 79.9. The second kappa shape index (κ2) is 10.4. The van der Waals surface area contributed by atoms with E-state index in [1.807, 2.05) is 61.7 Å². The van der Waals surface area contributed by atoms with Gasteiger partial charge in [0.15, 0.2) is 0 Å². The zero-order chi connectivity index (χ0) is 24.3. The number of thiophene rings is 1. The van der Waals surface area contributed by atoms with Crippen molar-refractivity contribution < 1.29 is 9.53 Å². The summed E-state index contributed by atoms with van der Waals surface area (Å²) in [6, 6.07) is 15.5. The summed E-state index contributed by atoms with van der Waals surface area (Å²) in [5.74, 6) is 1.32. The van der Waals surface area contributed by atoms with E-state index in [0.717, 1.165) is 51.3 Å². The van der Waals surface area contributed by atoms with Crippen molar-refractivity contribution in [2.75, 3.05) is 11.9 Å². The molecule has 0 radical (unpaired) electrons. The summed E-state index contributed by atoms with van der Waals surface area (Å²) < 4.78 is 6.50. The third-order valence-corrected chi connectivity index (χ3v) is 8.10. The molecule has 1 heterocycles. The fourth-order valence-electron chi connectivity index (χ4n) is 4.35. The Morgan fingerprint density at radius 1 is 1.24 bits per heavy atom. The van der Waals surface area contributed by atoms with Crippen molar-refractivity contribution >= 4 is 50.1 Å². The van der Waals surface area contributed by atoms with Gasteiger partial charge < -0.3 is 10.1 Å². The fourth-order valence-corrected chi connectivity index (χ4v) is 6.13.